The number of carbonyl (C=O) groups is 5. The van der Waals surface area contributed by atoms with Gasteiger partial charge in [-0.25, -0.2) is 9.67 Å². The number of nitrogens with zero attached hydrogens (tertiary/aromatic N) is 5. The lowest BCUT2D eigenvalue weighted by molar-refractivity contribution is -0.136. The topological polar surface area (TPSA) is 156 Å². The number of piperidine rings is 1. The maximum Gasteiger partial charge on any atom is 0.262 e. The molecule has 2 aliphatic heterocycles. The van der Waals surface area contributed by atoms with Crippen LogP contribution in [0.3, 0.4) is 0 Å². The molecule has 4 amide bonds. The first-order valence-electron chi connectivity index (χ1n) is 15.3. The Labute approximate surface area is 258 Å². The van der Waals surface area contributed by atoms with Gasteiger partial charge in [0.05, 0.1) is 40.2 Å². The molecule has 4 aromatic rings. The highest BCUT2D eigenvalue weighted by molar-refractivity contribution is 6.23. The molecule has 1 saturated heterocycles. The van der Waals surface area contributed by atoms with Crippen molar-refractivity contribution in [3.63, 3.8) is 0 Å². The van der Waals surface area contributed by atoms with Gasteiger partial charge in [0.2, 0.25) is 17.7 Å². The van der Waals surface area contributed by atoms with E-state index in [-0.39, 0.29) is 35.9 Å². The van der Waals surface area contributed by atoms with Crippen molar-refractivity contribution in [2.45, 2.75) is 63.5 Å². The maximum absolute atomic E-state index is 13.1. The van der Waals surface area contributed by atoms with Crippen LogP contribution in [0, 0.1) is 5.92 Å². The minimum atomic E-state index is -0.983. The van der Waals surface area contributed by atoms with E-state index in [9.17, 15) is 24.0 Å². The number of imide groups is 2. The average molecular weight is 606 g/mol. The SMILES string of the molecule is O=C1CCC(N2C(=O)c3ccc(NC4CCC(CCC(=O)n5cc(-c6cnc7ccccc7n6)cn5)CC4)cc3C2=O)C(=O)N1. The molecule has 1 saturated carbocycles. The summed E-state index contributed by atoms with van der Waals surface area (Å²) < 4.78 is 1.39. The Bertz CT molecular complexity index is 1860. The van der Waals surface area contributed by atoms with Crippen molar-refractivity contribution in [2.75, 3.05) is 5.32 Å². The number of para-hydroxylation sites is 2. The van der Waals surface area contributed by atoms with Crippen molar-refractivity contribution < 1.29 is 24.0 Å². The lowest BCUT2D eigenvalue weighted by atomic mass is 9.83. The molecule has 0 radical (unpaired) electrons. The van der Waals surface area contributed by atoms with Gasteiger partial charge in [0, 0.05) is 36.3 Å². The molecule has 2 fully saturated rings. The second-order valence-corrected chi connectivity index (χ2v) is 11.9. The molecule has 2 N–H and O–H groups in total. The number of aromatic nitrogens is 4. The van der Waals surface area contributed by atoms with Gasteiger partial charge in [0.25, 0.3) is 11.8 Å². The van der Waals surface area contributed by atoms with Gasteiger partial charge in [0.15, 0.2) is 0 Å². The van der Waals surface area contributed by atoms with Gasteiger partial charge in [0.1, 0.15) is 6.04 Å². The number of anilines is 1. The largest absolute Gasteiger partial charge is 0.382 e. The highest BCUT2D eigenvalue weighted by Gasteiger charge is 2.44. The summed E-state index contributed by atoms with van der Waals surface area (Å²) in [5, 5.41) is 9.99. The van der Waals surface area contributed by atoms with E-state index in [1.807, 2.05) is 24.3 Å². The number of hydrogen-bond donors (Lipinski definition) is 2. The number of rotatable bonds is 7. The van der Waals surface area contributed by atoms with Crippen LogP contribution >= 0.6 is 0 Å². The molecular weight excluding hydrogens is 574 g/mol. The summed E-state index contributed by atoms with van der Waals surface area (Å²) in [6.45, 7) is 0. The molecule has 3 aliphatic rings. The van der Waals surface area contributed by atoms with Crippen LogP contribution < -0.4 is 10.6 Å². The van der Waals surface area contributed by atoms with Crippen LogP contribution in [0.15, 0.2) is 61.1 Å². The van der Waals surface area contributed by atoms with Gasteiger partial charge in [-0.05, 0) is 74.8 Å². The fourth-order valence-electron chi connectivity index (χ4n) is 6.52. The van der Waals surface area contributed by atoms with Gasteiger partial charge >= 0.3 is 0 Å². The molecule has 45 heavy (non-hydrogen) atoms. The predicted molar refractivity (Wildman–Crippen MR) is 163 cm³/mol. The lowest BCUT2D eigenvalue weighted by Crippen LogP contribution is -2.54. The summed E-state index contributed by atoms with van der Waals surface area (Å²) in [6, 6.07) is 11.9. The normalized spacial score (nSPS) is 21.6. The highest BCUT2D eigenvalue weighted by atomic mass is 16.2. The minimum absolute atomic E-state index is 0.0565. The van der Waals surface area contributed by atoms with Gasteiger partial charge in [-0.15, -0.1) is 0 Å². The number of fused-ring (bicyclic) bond motifs is 2. The molecule has 12 nitrogen and oxygen atoms in total. The van der Waals surface area contributed by atoms with Gasteiger partial charge < -0.3 is 5.32 Å². The van der Waals surface area contributed by atoms with Crippen molar-refractivity contribution in [3.8, 4) is 11.3 Å². The van der Waals surface area contributed by atoms with E-state index in [0.717, 1.165) is 59.3 Å². The number of hydrogen-bond acceptors (Lipinski definition) is 9. The van der Waals surface area contributed by atoms with Crippen LogP contribution in [0.25, 0.3) is 22.3 Å². The zero-order valence-electron chi connectivity index (χ0n) is 24.4. The summed E-state index contributed by atoms with van der Waals surface area (Å²) in [7, 11) is 0. The molecule has 1 unspecified atom stereocenters. The fraction of sp³-hybridized carbons (Fsp3) is 0.333. The van der Waals surface area contributed by atoms with Crippen molar-refractivity contribution in [1.82, 2.24) is 30.0 Å². The zero-order valence-corrected chi connectivity index (χ0v) is 24.4. The van der Waals surface area contributed by atoms with Gasteiger partial charge in [-0.1, -0.05) is 12.1 Å². The Morgan fingerprint density at radius 1 is 0.911 bits per heavy atom. The van der Waals surface area contributed by atoms with Crippen LogP contribution in [0.2, 0.25) is 0 Å². The van der Waals surface area contributed by atoms with Gasteiger partial charge in [-0.2, -0.15) is 5.10 Å². The molecule has 0 bridgehead atoms. The summed E-state index contributed by atoms with van der Waals surface area (Å²) in [4.78, 5) is 72.9. The van der Waals surface area contributed by atoms with Crippen LogP contribution in [0.5, 0.6) is 0 Å². The summed E-state index contributed by atoms with van der Waals surface area (Å²) >= 11 is 0. The molecule has 228 valence electrons. The van der Waals surface area contributed by atoms with E-state index in [2.05, 4.69) is 25.7 Å². The molecule has 7 rings (SSSR count). The monoisotopic (exact) mass is 605 g/mol. The third kappa shape index (κ3) is 5.59. The molecule has 4 heterocycles. The predicted octanol–water partition coefficient (Wildman–Crippen LogP) is 3.99. The van der Waals surface area contributed by atoms with E-state index in [4.69, 9.17) is 0 Å². The summed E-state index contributed by atoms with van der Waals surface area (Å²) in [6.07, 6.45) is 10.2. The van der Waals surface area contributed by atoms with Crippen LogP contribution in [0.1, 0.15) is 76.9 Å². The quantitative estimate of drug-likeness (QED) is 0.297. The van der Waals surface area contributed by atoms with E-state index in [1.165, 1.54) is 4.68 Å². The highest BCUT2D eigenvalue weighted by Crippen LogP contribution is 2.33. The second kappa shape index (κ2) is 11.7. The maximum atomic E-state index is 13.1. The molecule has 2 aromatic carbocycles. The molecular formula is C33H31N7O5. The Hall–Kier alpha value is -5.26. The van der Waals surface area contributed by atoms with Crippen molar-refractivity contribution in [3.05, 3.63) is 72.2 Å². The number of nitrogens with one attached hydrogen (secondary N) is 2. The molecule has 0 spiro atoms. The van der Waals surface area contributed by atoms with Crippen LogP contribution in [-0.2, 0) is 9.59 Å². The van der Waals surface area contributed by atoms with E-state index >= 15 is 0 Å². The number of carbonyl (C=O) groups excluding carboxylic acids is 5. The van der Waals surface area contributed by atoms with E-state index < -0.39 is 29.7 Å². The first-order valence-corrected chi connectivity index (χ1v) is 15.3. The van der Waals surface area contributed by atoms with E-state index in [1.54, 1.807) is 36.8 Å². The second-order valence-electron chi connectivity index (χ2n) is 11.9. The Morgan fingerprint density at radius 2 is 1.69 bits per heavy atom. The fourth-order valence-corrected chi connectivity index (χ4v) is 6.52. The van der Waals surface area contributed by atoms with Gasteiger partial charge in [-0.3, -0.25) is 39.2 Å². The zero-order chi connectivity index (χ0) is 31.1. The lowest BCUT2D eigenvalue weighted by Gasteiger charge is -2.29. The van der Waals surface area contributed by atoms with Crippen LogP contribution in [-0.4, -0.2) is 66.3 Å². The molecule has 1 aliphatic carbocycles. The standard InChI is InChI=1S/C33H31N7O5/c41-29-13-12-28(31(43)38-29)40-32(44)23-11-10-22(15-24(23)33(40)45)36-21-8-5-19(6-9-21)7-14-30(42)39-18-20(16-35-39)27-17-34-25-3-1-2-4-26(25)37-27/h1-4,10-11,15-19,21,28,36H,5-9,12-14H2,(H,38,41,43). The minimum Gasteiger partial charge on any atom is -0.382 e. The Morgan fingerprint density at radius 3 is 2.49 bits per heavy atom. The number of benzene rings is 2. The van der Waals surface area contributed by atoms with Crippen molar-refractivity contribution >= 4 is 46.3 Å². The summed E-state index contributed by atoms with van der Waals surface area (Å²) in [5.41, 5.74) is 4.28. The molecule has 12 heteroatoms. The molecule has 2 aromatic heterocycles. The smallest absolute Gasteiger partial charge is 0.262 e. The first-order chi connectivity index (χ1) is 21.8. The third-order valence-electron chi connectivity index (χ3n) is 9.01. The molecule has 1 atom stereocenters. The first kappa shape index (κ1) is 28.5. The number of amides is 4. The van der Waals surface area contributed by atoms with Crippen molar-refractivity contribution in [2.24, 2.45) is 5.92 Å². The average Bonchev–Trinajstić information content (AvgIpc) is 3.64. The van der Waals surface area contributed by atoms with Crippen molar-refractivity contribution in [1.29, 1.82) is 0 Å². The third-order valence-corrected chi connectivity index (χ3v) is 9.01. The van der Waals surface area contributed by atoms with Crippen LogP contribution in [0.4, 0.5) is 5.69 Å². The summed E-state index contributed by atoms with van der Waals surface area (Å²) in [5.74, 6) is -1.69. The van der Waals surface area contributed by atoms with E-state index in [0.29, 0.717) is 18.0 Å². The Kier molecular flexibility index (Phi) is 7.40. The Balaban J connectivity index is 0.906.